The minimum absolute atomic E-state index is 0.630. The maximum absolute atomic E-state index is 5.09. The van der Waals surface area contributed by atoms with Crippen LogP contribution >= 0.6 is 22.7 Å². The van der Waals surface area contributed by atoms with E-state index in [-0.39, 0.29) is 0 Å². The highest BCUT2D eigenvalue weighted by Gasteiger charge is 2.19. The van der Waals surface area contributed by atoms with E-state index in [1.807, 2.05) is 97.1 Å². The maximum Gasteiger partial charge on any atom is 0.164 e. The third kappa shape index (κ3) is 14.3. The number of benzene rings is 16. The van der Waals surface area contributed by atoms with Crippen LogP contribution < -0.4 is 0 Å². The standard InChI is InChI=1S/2C53H33N5S/c1-3-11-34(12-4-1)35-21-25-38(26-22-35)51-56-50(37-13-5-2-6-14-37)57-52(58-51)39-27-23-36(24-28-39)40-15-9-16-41(31-40)42-17-10-18-43(32-42)44-29-30-45-48(33-44)59-53-49(45)54-46-19-7-8-20-47(46)55-53;1-3-11-34(12-4-1)35-21-25-38(26-22-35)51-56-50(37-13-5-2-6-14-37)57-52(58-51)39-27-23-36(24-28-39)40-15-9-16-41(31-40)42-17-10-18-43(32-42)44-29-30-46-47(33-44)54-49-45-19-7-8-20-48(45)59-53(49)55-46/h2*1-33H. The molecule has 16 aromatic carbocycles. The van der Waals surface area contributed by atoms with E-state index >= 15 is 0 Å². The minimum atomic E-state index is 0.630. The second kappa shape index (κ2) is 30.9. The molecule has 118 heavy (non-hydrogen) atoms. The number of nitrogens with zero attached hydrogens (tertiary/aromatic N) is 10. The molecule has 0 saturated carbocycles. The van der Waals surface area contributed by atoms with E-state index in [9.17, 15) is 0 Å². The molecule has 22 aromatic rings. The Bertz CT molecular complexity index is 7510. The van der Waals surface area contributed by atoms with Crippen molar-refractivity contribution in [2.45, 2.75) is 0 Å². The topological polar surface area (TPSA) is 129 Å². The number of rotatable bonds is 14. The lowest BCUT2D eigenvalue weighted by atomic mass is 9.96. The van der Waals surface area contributed by atoms with Gasteiger partial charge < -0.3 is 0 Å². The van der Waals surface area contributed by atoms with Crippen molar-refractivity contribution in [3.05, 3.63) is 400 Å². The zero-order valence-electron chi connectivity index (χ0n) is 63.4. The van der Waals surface area contributed by atoms with Gasteiger partial charge in [0.05, 0.1) is 22.1 Å². The highest BCUT2D eigenvalue weighted by atomic mass is 32.1. The molecule has 6 heterocycles. The SMILES string of the molecule is c1ccc(-c2ccc(-c3nc(-c4ccccc4)nc(-c4ccc(-c5cccc(-c6cccc(-c7ccc8c(c7)sc7nc9ccccc9nc78)c6)c5)cc4)n3)cc2)cc1.c1ccc(-c2ccc(-c3nc(-c4ccccc4)nc(-c4ccc(-c5cccc(-c6cccc(-c7ccc8nc9sc%10ccccc%10c9nc8c7)c6)c5)cc4)n3)cc2)cc1. The molecule has 0 spiro atoms. The molecule has 0 aliphatic rings. The summed E-state index contributed by atoms with van der Waals surface area (Å²) in [5, 5.41) is 2.30. The average molecular weight is 1540 g/mol. The molecule has 22 rings (SSSR count). The molecule has 0 aliphatic heterocycles. The van der Waals surface area contributed by atoms with Crippen LogP contribution in [0.2, 0.25) is 0 Å². The second-order valence-electron chi connectivity index (χ2n) is 29.1. The van der Waals surface area contributed by atoms with Gasteiger partial charge in [0.15, 0.2) is 34.9 Å². The van der Waals surface area contributed by atoms with E-state index in [0.717, 1.165) is 154 Å². The number of thiophene rings is 2. The molecule has 0 radical (unpaired) electrons. The molecular formula is C106H66N10S2. The molecule has 0 N–H and O–H groups in total. The van der Waals surface area contributed by atoms with E-state index in [1.54, 1.807) is 22.7 Å². The van der Waals surface area contributed by atoms with Crippen molar-refractivity contribution in [2.75, 3.05) is 0 Å². The van der Waals surface area contributed by atoms with Gasteiger partial charge in [0.2, 0.25) is 0 Å². The van der Waals surface area contributed by atoms with Gasteiger partial charge in [-0.15, -0.1) is 22.7 Å². The van der Waals surface area contributed by atoms with Crippen LogP contribution in [0.25, 0.3) is 220 Å². The first kappa shape index (κ1) is 70.5. The van der Waals surface area contributed by atoms with Crippen molar-refractivity contribution in [3.63, 3.8) is 0 Å². The molecule has 12 heteroatoms. The summed E-state index contributed by atoms with van der Waals surface area (Å²) in [5.41, 5.74) is 29.5. The number of hydrogen-bond donors (Lipinski definition) is 0. The van der Waals surface area contributed by atoms with Crippen LogP contribution in [0.3, 0.4) is 0 Å². The molecule has 10 nitrogen and oxygen atoms in total. The maximum atomic E-state index is 5.09. The predicted molar refractivity (Wildman–Crippen MR) is 488 cm³/mol. The lowest BCUT2D eigenvalue weighted by Gasteiger charge is -2.11. The zero-order valence-corrected chi connectivity index (χ0v) is 65.0. The molecule has 552 valence electrons. The molecular weight excluding hydrogens is 1480 g/mol. The summed E-state index contributed by atoms with van der Waals surface area (Å²) in [6.07, 6.45) is 0. The highest BCUT2D eigenvalue weighted by Crippen LogP contribution is 2.41. The van der Waals surface area contributed by atoms with Crippen LogP contribution in [0.5, 0.6) is 0 Å². The monoisotopic (exact) mass is 1540 g/mol. The van der Waals surface area contributed by atoms with Gasteiger partial charge in [0.25, 0.3) is 0 Å². The highest BCUT2D eigenvalue weighted by molar-refractivity contribution is 7.25. The Morgan fingerprint density at radius 1 is 0.136 bits per heavy atom. The van der Waals surface area contributed by atoms with Gasteiger partial charge in [-0.3, -0.25) is 0 Å². The largest absolute Gasteiger partial charge is 0.243 e. The molecule has 0 amide bonds. The number of para-hydroxylation sites is 2. The van der Waals surface area contributed by atoms with E-state index in [0.29, 0.717) is 34.9 Å². The van der Waals surface area contributed by atoms with Gasteiger partial charge in [0, 0.05) is 53.6 Å². The smallest absolute Gasteiger partial charge is 0.164 e. The van der Waals surface area contributed by atoms with E-state index in [2.05, 4.69) is 303 Å². The van der Waals surface area contributed by atoms with Crippen molar-refractivity contribution in [3.8, 4) is 157 Å². The van der Waals surface area contributed by atoms with Gasteiger partial charge in [-0.1, -0.05) is 340 Å². The fourth-order valence-electron chi connectivity index (χ4n) is 15.4. The molecule has 6 aromatic heterocycles. The second-order valence-corrected chi connectivity index (χ2v) is 31.1. The van der Waals surface area contributed by atoms with Gasteiger partial charge in [-0.25, -0.2) is 49.8 Å². The predicted octanol–water partition coefficient (Wildman–Crippen LogP) is 27.7. The molecule has 0 atom stereocenters. The molecule has 0 bridgehead atoms. The van der Waals surface area contributed by atoms with Crippen LogP contribution in [-0.4, -0.2) is 49.8 Å². The van der Waals surface area contributed by atoms with Gasteiger partial charge in [-0.2, -0.15) is 0 Å². The summed E-state index contributed by atoms with van der Waals surface area (Å²) in [5.74, 6) is 3.82. The first-order valence-electron chi connectivity index (χ1n) is 39.1. The lowest BCUT2D eigenvalue weighted by molar-refractivity contribution is 1.07. The average Bonchev–Trinajstić information content (AvgIpc) is 1.61. The Balaban J connectivity index is 0.000000147. The van der Waals surface area contributed by atoms with Crippen molar-refractivity contribution in [1.82, 2.24) is 49.8 Å². The van der Waals surface area contributed by atoms with Gasteiger partial charge in [-0.05, 0) is 150 Å². The Labute approximate surface area is 688 Å². The van der Waals surface area contributed by atoms with E-state index in [4.69, 9.17) is 49.8 Å². The first-order valence-corrected chi connectivity index (χ1v) is 40.8. The fourth-order valence-corrected chi connectivity index (χ4v) is 17.4. The quantitative estimate of drug-likeness (QED) is 0.104. The Morgan fingerprint density at radius 2 is 0.373 bits per heavy atom. The first-order chi connectivity index (χ1) is 58.4. The van der Waals surface area contributed by atoms with Gasteiger partial charge in [0.1, 0.15) is 20.7 Å². The van der Waals surface area contributed by atoms with Crippen molar-refractivity contribution in [2.24, 2.45) is 0 Å². The Hall–Kier alpha value is -15.3. The summed E-state index contributed by atoms with van der Waals surface area (Å²) >= 11 is 3.39. The number of hydrogen-bond acceptors (Lipinski definition) is 12. The molecule has 0 saturated heterocycles. The van der Waals surface area contributed by atoms with Crippen LogP contribution in [-0.2, 0) is 0 Å². The molecule has 0 aliphatic carbocycles. The molecule has 0 unspecified atom stereocenters. The summed E-state index contributed by atoms with van der Waals surface area (Å²) < 4.78 is 2.39. The van der Waals surface area contributed by atoms with Crippen molar-refractivity contribution in [1.29, 1.82) is 0 Å². The van der Waals surface area contributed by atoms with Gasteiger partial charge >= 0.3 is 0 Å². The Kier molecular flexibility index (Phi) is 18.4. The minimum Gasteiger partial charge on any atom is -0.243 e. The van der Waals surface area contributed by atoms with E-state index < -0.39 is 0 Å². The third-order valence-corrected chi connectivity index (χ3v) is 23.6. The fraction of sp³-hybridized carbons (Fsp3) is 0. The van der Waals surface area contributed by atoms with Crippen LogP contribution in [0.15, 0.2) is 400 Å². The summed E-state index contributed by atoms with van der Waals surface area (Å²) in [6, 6.07) is 139. The lowest BCUT2D eigenvalue weighted by Crippen LogP contribution is -2.00. The van der Waals surface area contributed by atoms with Crippen LogP contribution in [0.1, 0.15) is 0 Å². The van der Waals surface area contributed by atoms with Crippen LogP contribution in [0, 0.1) is 0 Å². The van der Waals surface area contributed by atoms with Crippen molar-refractivity contribution >= 4 is 85.6 Å². The molecule has 0 fully saturated rings. The number of fused-ring (bicyclic) bond motifs is 8. The number of aromatic nitrogens is 10. The summed E-state index contributed by atoms with van der Waals surface area (Å²) in [4.78, 5) is 51.7. The summed E-state index contributed by atoms with van der Waals surface area (Å²) in [6.45, 7) is 0. The van der Waals surface area contributed by atoms with E-state index in [1.165, 1.54) is 31.7 Å². The Morgan fingerprint density at radius 3 is 0.771 bits per heavy atom. The normalized spacial score (nSPS) is 11.4. The summed E-state index contributed by atoms with van der Waals surface area (Å²) in [7, 11) is 0. The zero-order chi connectivity index (χ0) is 78.2. The third-order valence-electron chi connectivity index (χ3n) is 21.5. The van der Waals surface area contributed by atoms with Crippen LogP contribution in [0.4, 0.5) is 0 Å². The van der Waals surface area contributed by atoms with Crippen molar-refractivity contribution < 1.29 is 0 Å².